The van der Waals surface area contributed by atoms with Gasteiger partial charge in [-0.1, -0.05) is 18.2 Å². The Balaban J connectivity index is 1.76. The van der Waals surface area contributed by atoms with Crippen LogP contribution >= 0.6 is 0 Å². The molecule has 0 saturated carbocycles. The molecule has 0 bridgehead atoms. The highest BCUT2D eigenvalue weighted by atomic mass is 16.5. The Morgan fingerprint density at radius 3 is 2.37 bits per heavy atom. The maximum Gasteiger partial charge on any atom is 0.337 e. The molecule has 0 aliphatic carbocycles. The molecular weight excluding hydrogens is 384 g/mol. The molecule has 0 radical (unpaired) electrons. The normalized spacial score (nSPS) is 13.3. The van der Waals surface area contributed by atoms with Crippen LogP contribution in [-0.4, -0.2) is 56.0 Å². The number of esters is 1. The molecule has 1 fully saturated rings. The summed E-state index contributed by atoms with van der Waals surface area (Å²) >= 11 is 0. The summed E-state index contributed by atoms with van der Waals surface area (Å²) in [5.74, 6) is -0.992. The number of anilines is 2. The second kappa shape index (κ2) is 9.56. The van der Waals surface area contributed by atoms with Crippen molar-refractivity contribution in [2.75, 3.05) is 43.5 Å². The van der Waals surface area contributed by atoms with Gasteiger partial charge in [-0.15, -0.1) is 0 Å². The second-order valence-electron chi connectivity index (χ2n) is 6.75. The molecule has 1 N–H and O–H groups in total. The monoisotopic (exact) mass is 406 g/mol. The number of methoxy groups -OCH3 is 1. The molecule has 1 saturated heterocycles. The van der Waals surface area contributed by atoms with Gasteiger partial charge in [0.25, 0.3) is 5.91 Å². The lowest BCUT2D eigenvalue weighted by Gasteiger charge is -2.37. The van der Waals surface area contributed by atoms with Crippen LogP contribution in [0.5, 0.6) is 0 Å². The molecule has 1 aliphatic rings. The van der Waals surface area contributed by atoms with Crippen LogP contribution in [-0.2, 0) is 9.53 Å². The summed E-state index contributed by atoms with van der Waals surface area (Å²) in [4.78, 5) is 40.3. The van der Waals surface area contributed by atoms with Gasteiger partial charge in [0.1, 0.15) is 6.42 Å². The first-order chi connectivity index (χ1) is 14.5. The summed E-state index contributed by atoms with van der Waals surface area (Å²) in [7, 11) is 1.28. The lowest BCUT2D eigenvalue weighted by Crippen LogP contribution is -2.49. The smallest absolute Gasteiger partial charge is 0.337 e. The Morgan fingerprint density at radius 1 is 1.03 bits per heavy atom. The largest absolute Gasteiger partial charge is 0.465 e. The van der Waals surface area contributed by atoms with Crippen molar-refractivity contribution in [3.05, 3.63) is 59.7 Å². The van der Waals surface area contributed by atoms with Crippen molar-refractivity contribution in [1.82, 2.24) is 4.90 Å². The molecule has 0 atom stereocenters. The van der Waals surface area contributed by atoms with E-state index >= 15 is 0 Å². The third-order valence-electron chi connectivity index (χ3n) is 4.86. The minimum Gasteiger partial charge on any atom is -0.465 e. The molecule has 1 heterocycles. The number of ether oxygens (including phenoxy) is 1. The van der Waals surface area contributed by atoms with E-state index in [9.17, 15) is 14.4 Å². The Labute approximate surface area is 174 Å². The molecule has 2 aromatic rings. The fourth-order valence-corrected chi connectivity index (χ4v) is 3.34. The average molecular weight is 406 g/mol. The predicted molar refractivity (Wildman–Crippen MR) is 111 cm³/mol. The zero-order chi connectivity index (χ0) is 21.5. The van der Waals surface area contributed by atoms with Gasteiger partial charge in [0, 0.05) is 31.7 Å². The average Bonchev–Trinajstić information content (AvgIpc) is 2.79. The molecular formula is C22H22N4O4. The Morgan fingerprint density at radius 2 is 1.73 bits per heavy atom. The van der Waals surface area contributed by atoms with Crippen LogP contribution < -0.4 is 10.2 Å². The highest BCUT2D eigenvalue weighted by Crippen LogP contribution is 2.29. The topological polar surface area (TPSA) is 103 Å². The minimum atomic E-state index is -0.518. The van der Waals surface area contributed by atoms with E-state index in [-0.39, 0.29) is 12.3 Å². The number of piperazine rings is 1. The van der Waals surface area contributed by atoms with E-state index in [1.165, 1.54) is 13.2 Å². The highest BCUT2D eigenvalue weighted by Gasteiger charge is 2.24. The lowest BCUT2D eigenvalue weighted by molar-refractivity contribution is -0.115. The minimum absolute atomic E-state index is 0.0150. The fourth-order valence-electron chi connectivity index (χ4n) is 3.34. The van der Waals surface area contributed by atoms with Crippen molar-refractivity contribution in [2.45, 2.75) is 6.42 Å². The second-order valence-corrected chi connectivity index (χ2v) is 6.75. The molecule has 8 heteroatoms. The lowest BCUT2D eigenvalue weighted by atomic mass is 10.1. The molecule has 0 unspecified atom stereocenters. The van der Waals surface area contributed by atoms with E-state index in [4.69, 9.17) is 10.00 Å². The van der Waals surface area contributed by atoms with Gasteiger partial charge in [0.05, 0.1) is 30.1 Å². The first-order valence-electron chi connectivity index (χ1n) is 9.52. The Hall–Kier alpha value is -3.86. The number of benzene rings is 2. The first-order valence-corrected chi connectivity index (χ1v) is 9.52. The molecule has 0 spiro atoms. The van der Waals surface area contributed by atoms with Crippen LogP contribution in [0.2, 0.25) is 0 Å². The van der Waals surface area contributed by atoms with Gasteiger partial charge >= 0.3 is 5.97 Å². The maximum atomic E-state index is 12.6. The zero-order valence-electron chi connectivity index (χ0n) is 16.6. The molecule has 3 rings (SSSR count). The van der Waals surface area contributed by atoms with Crippen LogP contribution in [0.3, 0.4) is 0 Å². The third kappa shape index (κ3) is 4.75. The first kappa shape index (κ1) is 20.9. The number of carbonyl (C=O) groups is 3. The van der Waals surface area contributed by atoms with E-state index in [1.54, 1.807) is 29.2 Å². The van der Waals surface area contributed by atoms with E-state index in [0.717, 1.165) is 5.69 Å². The van der Waals surface area contributed by atoms with Gasteiger partial charge in [-0.25, -0.2) is 4.79 Å². The van der Waals surface area contributed by atoms with E-state index in [2.05, 4.69) is 5.32 Å². The number of amides is 2. The molecule has 0 aromatic heterocycles. The number of nitrogens with zero attached hydrogens (tertiary/aromatic N) is 3. The zero-order valence-corrected chi connectivity index (χ0v) is 16.6. The van der Waals surface area contributed by atoms with Crippen LogP contribution in [0.4, 0.5) is 11.4 Å². The molecule has 154 valence electrons. The van der Waals surface area contributed by atoms with Crippen LogP contribution in [0.1, 0.15) is 27.1 Å². The van der Waals surface area contributed by atoms with Gasteiger partial charge in [-0.3, -0.25) is 9.59 Å². The number of hydrogen-bond donors (Lipinski definition) is 1. The molecule has 1 aliphatic heterocycles. The van der Waals surface area contributed by atoms with Gasteiger partial charge < -0.3 is 19.9 Å². The summed E-state index contributed by atoms with van der Waals surface area (Å²) in [5.41, 5.74) is 2.10. The SMILES string of the molecule is COC(=O)c1ccc(N2CCN(C(=O)c3ccccc3)CC2)c(NC(=O)CC#N)c1. The van der Waals surface area contributed by atoms with Crippen LogP contribution in [0.15, 0.2) is 48.5 Å². The maximum absolute atomic E-state index is 12.6. The highest BCUT2D eigenvalue weighted by molar-refractivity contribution is 5.99. The standard InChI is InChI=1S/C22H22N4O4/c1-30-22(29)17-7-8-19(18(15-17)24-20(27)9-10-23)25-11-13-26(14-12-25)21(28)16-5-3-2-4-6-16/h2-8,15H,9,11-14H2,1H3,(H,24,27). The number of nitriles is 1. The summed E-state index contributed by atoms with van der Waals surface area (Å²) in [5, 5.41) is 11.5. The molecule has 2 aromatic carbocycles. The van der Waals surface area contributed by atoms with Gasteiger partial charge in [-0.2, -0.15) is 5.26 Å². The predicted octanol–water partition coefficient (Wildman–Crippen LogP) is 2.29. The van der Waals surface area contributed by atoms with Crippen molar-refractivity contribution in [1.29, 1.82) is 5.26 Å². The number of hydrogen-bond acceptors (Lipinski definition) is 6. The van der Waals surface area contributed by atoms with Crippen molar-refractivity contribution in [2.24, 2.45) is 0 Å². The van der Waals surface area contributed by atoms with E-state index < -0.39 is 11.9 Å². The fraction of sp³-hybridized carbons (Fsp3) is 0.273. The quantitative estimate of drug-likeness (QED) is 0.765. The summed E-state index contributed by atoms with van der Waals surface area (Å²) in [6.45, 7) is 2.19. The van der Waals surface area contributed by atoms with Crippen molar-refractivity contribution in [3.8, 4) is 6.07 Å². The molecule has 30 heavy (non-hydrogen) atoms. The Kier molecular flexibility index (Phi) is 6.65. The number of nitrogens with one attached hydrogen (secondary N) is 1. The van der Waals surface area contributed by atoms with Gasteiger partial charge in [0.15, 0.2) is 0 Å². The van der Waals surface area contributed by atoms with Gasteiger partial charge in [0.2, 0.25) is 5.91 Å². The summed E-state index contributed by atoms with van der Waals surface area (Å²) in [6.07, 6.45) is -0.290. The molecule has 2 amide bonds. The molecule has 8 nitrogen and oxygen atoms in total. The Bertz CT molecular complexity index is 976. The van der Waals surface area contributed by atoms with Gasteiger partial charge in [-0.05, 0) is 30.3 Å². The number of rotatable bonds is 5. The van der Waals surface area contributed by atoms with Crippen LogP contribution in [0, 0.1) is 11.3 Å². The third-order valence-corrected chi connectivity index (χ3v) is 4.86. The van der Waals surface area contributed by atoms with E-state index in [1.807, 2.05) is 29.2 Å². The summed E-state index contributed by atoms with van der Waals surface area (Å²) in [6, 6.07) is 15.8. The summed E-state index contributed by atoms with van der Waals surface area (Å²) < 4.78 is 4.75. The van der Waals surface area contributed by atoms with Crippen molar-refractivity contribution in [3.63, 3.8) is 0 Å². The number of carbonyl (C=O) groups excluding carboxylic acids is 3. The van der Waals surface area contributed by atoms with Crippen molar-refractivity contribution >= 4 is 29.2 Å². The van der Waals surface area contributed by atoms with Crippen LogP contribution in [0.25, 0.3) is 0 Å². The van der Waals surface area contributed by atoms with Crippen molar-refractivity contribution < 1.29 is 19.1 Å². The van der Waals surface area contributed by atoms with E-state index in [0.29, 0.717) is 43.0 Å².